The van der Waals surface area contributed by atoms with Crippen molar-refractivity contribution in [1.29, 1.82) is 0 Å². The van der Waals surface area contributed by atoms with Crippen molar-refractivity contribution in [2.24, 2.45) is 0 Å². The van der Waals surface area contributed by atoms with E-state index in [1.807, 2.05) is 0 Å². The lowest BCUT2D eigenvalue weighted by Crippen LogP contribution is -2.02. The third kappa shape index (κ3) is 2.88. The second kappa shape index (κ2) is 4.32. The van der Waals surface area contributed by atoms with E-state index in [9.17, 15) is 23.3 Å². The van der Waals surface area contributed by atoms with E-state index in [-0.39, 0.29) is 27.9 Å². The number of hydrogen-bond acceptors (Lipinski definition) is 3. The Bertz CT molecular complexity index is 431. The van der Waals surface area contributed by atoms with E-state index in [2.05, 4.69) is 0 Å². The van der Waals surface area contributed by atoms with Crippen LogP contribution < -0.4 is 0 Å². The van der Waals surface area contributed by atoms with Crippen molar-refractivity contribution in [2.75, 3.05) is 0 Å². The van der Waals surface area contributed by atoms with Crippen LogP contribution in [0.25, 0.3) is 0 Å². The summed E-state index contributed by atoms with van der Waals surface area (Å²) in [5, 5.41) is 10.7. The molecule has 3 nitrogen and oxygen atoms in total. The predicted octanol–water partition coefficient (Wildman–Crippen LogP) is 3.82. The highest BCUT2D eigenvalue weighted by molar-refractivity contribution is 8.00. The first kappa shape index (κ1) is 12.8. The first-order valence-electron chi connectivity index (χ1n) is 4.22. The Morgan fingerprint density at radius 3 is 2.31 bits per heavy atom. The molecule has 0 aromatic heterocycles. The highest BCUT2D eigenvalue weighted by atomic mass is 32.2. The zero-order chi connectivity index (χ0) is 12.5. The van der Waals surface area contributed by atoms with Gasteiger partial charge in [0, 0.05) is 16.0 Å². The van der Waals surface area contributed by atoms with Gasteiger partial charge < -0.3 is 0 Å². The van der Waals surface area contributed by atoms with E-state index >= 15 is 0 Å². The zero-order valence-electron chi connectivity index (χ0n) is 8.46. The fourth-order valence-electron chi connectivity index (χ4n) is 1.33. The van der Waals surface area contributed by atoms with Crippen LogP contribution in [0, 0.1) is 24.0 Å². The van der Waals surface area contributed by atoms with Gasteiger partial charge in [-0.2, -0.15) is 13.2 Å². The Morgan fingerprint density at radius 2 is 1.88 bits per heavy atom. The third-order valence-electron chi connectivity index (χ3n) is 1.99. The van der Waals surface area contributed by atoms with Crippen LogP contribution in [0.2, 0.25) is 0 Å². The summed E-state index contributed by atoms with van der Waals surface area (Å²) in [6.07, 6.45) is 0. The summed E-state index contributed by atoms with van der Waals surface area (Å²) in [6.45, 7) is 2.81. The van der Waals surface area contributed by atoms with Crippen LogP contribution in [0.1, 0.15) is 11.1 Å². The van der Waals surface area contributed by atoms with Gasteiger partial charge in [-0.3, -0.25) is 10.1 Å². The molecule has 0 N–H and O–H groups in total. The molecule has 0 fully saturated rings. The highest BCUT2D eigenvalue weighted by Gasteiger charge is 2.31. The Morgan fingerprint density at radius 1 is 1.31 bits per heavy atom. The van der Waals surface area contributed by atoms with E-state index < -0.39 is 10.4 Å². The molecular weight excluding hydrogens is 243 g/mol. The minimum Gasteiger partial charge on any atom is -0.258 e. The molecule has 1 aromatic rings. The zero-order valence-corrected chi connectivity index (χ0v) is 9.28. The Kier molecular flexibility index (Phi) is 3.47. The number of aryl methyl sites for hydroxylation is 1. The van der Waals surface area contributed by atoms with Crippen molar-refractivity contribution < 1.29 is 18.1 Å². The summed E-state index contributed by atoms with van der Waals surface area (Å²) in [6, 6.07) is 2.56. The van der Waals surface area contributed by atoms with Crippen LogP contribution in [0.3, 0.4) is 0 Å². The molecular formula is C9H8F3NO2S. The van der Waals surface area contributed by atoms with E-state index in [1.165, 1.54) is 26.0 Å². The van der Waals surface area contributed by atoms with Crippen LogP contribution >= 0.6 is 11.8 Å². The van der Waals surface area contributed by atoms with Crippen LogP contribution in [-0.4, -0.2) is 10.4 Å². The van der Waals surface area contributed by atoms with Gasteiger partial charge in [-0.25, -0.2) is 0 Å². The molecule has 0 saturated heterocycles. The number of thioether (sulfide) groups is 1. The molecule has 0 aliphatic carbocycles. The maximum Gasteiger partial charge on any atom is 0.446 e. The predicted molar refractivity (Wildman–Crippen MR) is 54.5 cm³/mol. The van der Waals surface area contributed by atoms with Gasteiger partial charge in [0.1, 0.15) is 0 Å². The highest BCUT2D eigenvalue weighted by Crippen LogP contribution is 2.41. The lowest BCUT2D eigenvalue weighted by atomic mass is 10.1. The fourth-order valence-corrected chi connectivity index (χ4v) is 1.97. The standard InChI is InChI=1S/C9H8F3NO2S/c1-5-3-4-7(16-9(10,11)12)6(2)8(5)13(14)15/h3-4H,1-2H3. The number of rotatable bonds is 2. The lowest BCUT2D eigenvalue weighted by Gasteiger charge is -2.09. The lowest BCUT2D eigenvalue weighted by molar-refractivity contribution is -0.386. The minimum absolute atomic E-state index is 0.0484. The van der Waals surface area contributed by atoms with Crippen LogP contribution in [0.5, 0.6) is 0 Å². The maximum atomic E-state index is 12.1. The van der Waals surface area contributed by atoms with E-state index in [0.717, 1.165) is 0 Å². The summed E-state index contributed by atoms with van der Waals surface area (Å²) >= 11 is -0.337. The van der Waals surface area contributed by atoms with Crippen LogP contribution in [-0.2, 0) is 0 Å². The van der Waals surface area contributed by atoms with Crippen LogP contribution in [0.4, 0.5) is 18.9 Å². The molecule has 16 heavy (non-hydrogen) atoms. The van der Waals surface area contributed by atoms with Crippen molar-refractivity contribution in [3.05, 3.63) is 33.4 Å². The first-order valence-corrected chi connectivity index (χ1v) is 5.04. The number of halogens is 3. The summed E-state index contributed by atoms with van der Waals surface area (Å²) in [7, 11) is 0. The average Bonchev–Trinajstić information content (AvgIpc) is 2.07. The second-order valence-electron chi connectivity index (χ2n) is 3.16. The second-order valence-corrected chi connectivity index (χ2v) is 4.27. The summed E-state index contributed by atoms with van der Waals surface area (Å²) in [4.78, 5) is 9.88. The normalized spacial score (nSPS) is 11.6. The molecule has 0 radical (unpaired) electrons. The molecule has 0 atom stereocenters. The van der Waals surface area contributed by atoms with Gasteiger partial charge in [0.2, 0.25) is 0 Å². The van der Waals surface area contributed by atoms with Crippen molar-refractivity contribution in [2.45, 2.75) is 24.3 Å². The number of nitrogens with zero attached hydrogens (tertiary/aromatic N) is 1. The summed E-state index contributed by atoms with van der Waals surface area (Å²) in [5.74, 6) is 0. The summed E-state index contributed by atoms with van der Waals surface area (Å²) in [5.41, 5.74) is -4.29. The van der Waals surface area contributed by atoms with Gasteiger partial charge >= 0.3 is 5.51 Å². The quantitative estimate of drug-likeness (QED) is 0.456. The number of nitro benzene ring substituents is 1. The molecule has 0 spiro atoms. The third-order valence-corrected chi connectivity index (χ3v) is 2.88. The van der Waals surface area contributed by atoms with Gasteiger partial charge in [-0.1, -0.05) is 6.07 Å². The molecule has 1 aromatic carbocycles. The van der Waals surface area contributed by atoms with Crippen molar-refractivity contribution >= 4 is 17.4 Å². The minimum atomic E-state index is -4.44. The fraction of sp³-hybridized carbons (Fsp3) is 0.333. The molecule has 0 aliphatic rings. The van der Waals surface area contributed by atoms with Gasteiger partial charge in [0.15, 0.2) is 0 Å². The Labute approximate surface area is 93.8 Å². The summed E-state index contributed by atoms with van der Waals surface area (Å²) < 4.78 is 36.4. The van der Waals surface area contributed by atoms with Gasteiger partial charge in [-0.15, -0.1) is 0 Å². The van der Waals surface area contributed by atoms with Crippen molar-refractivity contribution in [3.63, 3.8) is 0 Å². The molecule has 88 valence electrons. The first-order chi connectivity index (χ1) is 7.22. The van der Waals surface area contributed by atoms with Crippen molar-refractivity contribution in [1.82, 2.24) is 0 Å². The molecule has 0 heterocycles. The van der Waals surface area contributed by atoms with E-state index in [0.29, 0.717) is 5.56 Å². The molecule has 0 unspecified atom stereocenters. The SMILES string of the molecule is Cc1ccc(SC(F)(F)F)c(C)c1[N+](=O)[O-]. The number of hydrogen-bond donors (Lipinski definition) is 0. The van der Waals surface area contributed by atoms with Gasteiger partial charge in [0.25, 0.3) is 5.69 Å². The number of alkyl halides is 3. The van der Waals surface area contributed by atoms with Gasteiger partial charge in [-0.05, 0) is 31.7 Å². The molecule has 1 rings (SSSR count). The Balaban J connectivity index is 3.24. The maximum absolute atomic E-state index is 12.1. The Hall–Kier alpha value is -1.24. The molecule has 0 saturated carbocycles. The number of benzene rings is 1. The molecule has 7 heteroatoms. The monoisotopic (exact) mass is 251 g/mol. The van der Waals surface area contributed by atoms with Gasteiger partial charge in [0.05, 0.1) is 4.92 Å². The van der Waals surface area contributed by atoms with E-state index in [1.54, 1.807) is 0 Å². The topological polar surface area (TPSA) is 43.1 Å². The molecule has 0 bridgehead atoms. The van der Waals surface area contributed by atoms with E-state index in [4.69, 9.17) is 0 Å². The molecule has 0 amide bonds. The van der Waals surface area contributed by atoms with Crippen molar-refractivity contribution in [3.8, 4) is 0 Å². The average molecular weight is 251 g/mol. The smallest absolute Gasteiger partial charge is 0.258 e. The van der Waals surface area contributed by atoms with Crippen LogP contribution in [0.15, 0.2) is 17.0 Å². The largest absolute Gasteiger partial charge is 0.446 e. The number of nitro groups is 1. The molecule has 0 aliphatic heterocycles.